The zero-order chi connectivity index (χ0) is 13.1. The molecule has 0 bridgehead atoms. The third-order valence-corrected chi connectivity index (χ3v) is 3.47. The van der Waals surface area contributed by atoms with Crippen LogP contribution in [0.4, 0.5) is 14.5 Å². The Morgan fingerprint density at radius 1 is 1.06 bits per heavy atom. The van der Waals surface area contributed by atoms with E-state index in [1.807, 2.05) is 25.1 Å². The standard InChI is InChI=1S/C14H12BrF2N/c1-9-4-10(2-3-14(9)15)8-18-13-6-11(16)5-12(17)7-13/h2-7,18H,8H2,1H3. The van der Waals surface area contributed by atoms with E-state index in [2.05, 4.69) is 21.2 Å². The van der Waals surface area contributed by atoms with Crippen LogP contribution in [-0.4, -0.2) is 0 Å². The van der Waals surface area contributed by atoms with Gasteiger partial charge in [0.05, 0.1) is 0 Å². The Balaban J connectivity index is 2.08. The van der Waals surface area contributed by atoms with Crippen molar-refractivity contribution in [3.63, 3.8) is 0 Å². The third-order valence-electron chi connectivity index (χ3n) is 2.58. The minimum atomic E-state index is -0.579. The molecular weight excluding hydrogens is 300 g/mol. The van der Waals surface area contributed by atoms with Gasteiger partial charge in [0.2, 0.25) is 0 Å². The van der Waals surface area contributed by atoms with Crippen molar-refractivity contribution in [2.75, 3.05) is 5.32 Å². The lowest BCUT2D eigenvalue weighted by molar-refractivity contribution is 0.584. The van der Waals surface area contributed by atoms with Gasteiger partial charge in [-0.05, 0) is 36.2 Å². The predicted octanol–water partition coefficient (Wildman–Crippen LogP) is 4.65. The number of aryl methyl sites for hydroxylation is 1. The number of hydrogen-bond acceptors (Lipinski definition) is 1. The molecule has 0 aliphatic rings. The quantitative estimate of drug-likeness (QED) is 0.870. The van der Waals surface area contributed by atoms with E-state index in [4.69, 9.17) is 0 Å². The van der Waals surface area contributed by atoms with Crippen LogP contribution >= 0.6 is 15.9 Å². The molecule has 0 radical (unpaired) electrons. The van der Waals surface area contributed by atoms with Crippen LogP contribution in [0, 0.1) is 18.6 Å². The highest BCUT2D eigenvalue weighted by Gasteiger charge is 2.01. The molecule has 0 saturated carbocycles. The molecular formula is C14H12BrF2N. The maximum atomic E-state index is 13.0. The highest BCUT2D eigenvalue weighted by molar-refractivity contribution is 9.10. The van der Waals surface area contributed by atoms with Gasteiger partial charge in [0.15, 0.2) is 0 Å². The fourth-order valence-electron chi connectivity index (χ4n) is 1.68. The number of benzene rings is 2. The summed E-state index contributed by atoms with van der Waals surface area (Å²) in [7, 11) is 0. The predicted molar refractivity (Wildman–Crippen MR) is 72.6 cm³/mol. The van der Waals surface area contributed by atoms with E-state index in [0.29, 0.717) is 12.2 Å². The summed E-state index contributed by atoms with van der Waals surface area (Å²) in [6.07, 6.45) is 0. The summed E-state index contributed by atoms with van der Waals surface area (Å²) in [6, 6.07) is 9.34. The van der Waals surface area contributed by atoms with E-state index in [9.17, 15) is 8.78 Å². The molecule has 4 heteroatoms. The van der Waals surface area contributed by atoms with Crippen molar-refractivity contribution < 1.29 is 8.78 Å². The van der Waals surface area contributed by atoms with Gasteiger partial charge in [-0.2, -0.15) is 0 Å². The zero-order valence-electron chi connectivity index (χ0n) is 9.81. The molecule has 2 rings (SSSR count). The van der Waals surface area contributed by atoms with Crippen molar-refractivity contribution in [3.8, 4) is 0 Å². The number of halogens is 3. The van der Waals surface area contributed by atoms with Gasteiger partial charge in [-0.3, -0.25) is 0 Å². The first-order valence-corrected chi connectivity index (χ1v) is 6.29. The minimum absolute atomic E-state index is 0.438. The highest BCUT2D eigenvalue weighted by atomic mass is 79.9. The molecule has 0 amide bonds. The van der Waals surface area contributed by atoms with Crippen LogP contribution in [0.1, 0.15) is 11.1 Å². The molecule has 0 heterocycles. The monoisotopic (exact) mass is 311 g/mol. The van der Waals surface area contributed by atoms with Crippen molar-refractivity contribution in [1.82, 2.24) is 0 Å². The van der Waals surface area contributed by atoms with Gasteiger partial charge in [0.25, 0.3) is 0 Å². The van der Waals surface area contributed by atoms with E-state index in [-0.39, 0.29) is 0 Å². The van der Waals surface area contributed by atoms with Gasteiger partial charge >= 0.3 is 0 Å². The lowest BCUT2D eigenvalue weighted by atomic mass is 10.1. The molecule has 0 spiro atoms. The Labute approximate surface area is 113 Å². The Morgan fingerprint density at radius 3 is 2.33 bits per heavy atom. The van der Waals surface area contributed by atoms with Crippen LogP contribution in [0.3, 0.4) is 0 Å². The average molecular weight is 312 g/mol. The first-order valence-electron chi connectivity index (χ1n) is 5.49. The molecule has 0 aliphatic carbocycles. The van der Waals surface area contributed by atoms with E-state index in [0.717, 1.165) is 21.7 Å². The lowest BCUT2D eigenvalue weighted by Crippen LogP contribution is -2.00. The summed E-state index contributed by atoms with van der Waals surface area (Å²) in [5, 5.41) is 2.99. The van der Waals surface area contributed by atoms with E-state index < -0.39 is 11.6 Å². The SMILES string of the molecule is Cc1cc(CNc2cc(F)cc(F)c2)ccc1Br. The van der Waals surface area contributed by atoms with Crippen molar-refractivity contribution in [2.24, 2.45) is 0 Å². The van der Waals surface area contributed by atoms with Crippen LogP contribution in [-0.2, 0) is 6.54 Å². The fourth-order valence-corrected chi connectivity index (χ4v) is 1.92. The van der Waals surface area contributed by atoms with Gasteiger partial charge in [0.1, 0.15) is 11.6 Å². The second-order valence-electron chi connectivity index (χ2n) is 4.10. The van der Waals surface area contributed by atoms with E-state index in [1.165, 1.54) is 12.1 Å². The number of anilines is 1. The number of nitrogens with one attached hydrogen (secondary N) is 1. The molecule has 18 heavy (non-hydrogen) atoms. The summed E-state index contributed by atoms with van der Waals surface area (Å²) in [5.41, 5.74) is 2.62. The molecule has 0 unspecified atom stereocenters. The first kappa shape index (κ1) is 13.0. The summed E-state index contributed by atoms with van der Waals surface area (Å²) < 4.78 is 27.0. The molecule has 0 fully saturated rings. The van der Waals surface area contributed by atoms with Gasteiger partial charge in [-0.25, -0.2) is 8.78 Å². The Bertz CT molecular complexity index is 549. The summed E-state index contributed by atoms with van der Waals surface area (Å²) >= 11 is 3.42. The number of rotatable bonds is 3. The van der Waals surface area contributed by atoms with Crippen LogP contribution < -0.4 is 5.32 Å². The second kappa shape index (κ2) is 5.48. The largest absolute Gasteiger partial charge is 0.381 e. The molecule has 1 N–H and O–H groups in total. The van der Waals surface area contributed by atoms with Gasteiger partial charge < -0.3 is 5.32 Å². The van der Waals surface area contributed by atoms with Crippen LogP contribution in [0.5, 0.6) is 0 Å². The van der Waals surface area contributed by atoms with Gasteiger partial charge in [-0.1, -0.05) is 28.1 Å². The maximum Gasteiger partial charge on any atom is 0.128 e. The second-order valence-corrected chi connectivity index (χ2v) is 4.95. The number of hydrogen-bond donors (Lipinski definition) is 1. The minimum Gasteiger partial charge on any atom is -0.381 e. The zero-order valence-corrected chi connectivity index (χ0v) is 11.4. The average Bonchev–Trinajstić information content (AvgIpc) is 2.29. The molecule has 1 nitrogen and oxygen atoms in total. The van der Waals surface area contributed by atoms with Crippen LogP contribution in [0.2, 0.25) is 0 Å². The van der Waals surface area contributed by atoms with Gasteiger partial charge in [0, 0.05) is 22.8 Å². The molecule has 2 aromatic carbocycles. The molecule has 0 aromatic heterocycles. The molecule has 0 aliphatic heterocycles. The molecule has 0 atom stereocenters. The highest BCUT2D eigenvalue weighted by Crippen LogP contribution is 2.18. The Kier molecular flexibility index (Phi) is 3.97. The van der Waals surface area contributed by atoms with E-state index in [1.54, 1.807) is 0 Å². The van der Waals surface area contributed by atoms with Crippen molar-refractivity contribution >= 4 is 21.6 Å². The molecule has 2 aromatic rings. The smallest absolute Gasteiger partial charge is 0.128 e. The Hall–Kier alpha value is -1.42. The lowest BCUT2D eigenvalue weighted by Gasteiger charge is -2.08. The topological polar surface area (TPSA) is 12.0 Å². The third kappa shape index (κ3) is 3.29. The molecule has 94 valence electrons. The maximum absolute atomic E-state index is 13.0. The van der Waals surface area contributed by atoms with Crippen molar-refractivity contribution in [2.45, 2.75) is 13.5 Å². The van der Waals surface area contributed by atoms with Gasteiger partial charge in [-0.15, -0.1) is 0 Å². The first-order chi connectivity index (χ1) is 8.54. The van der Waals surface area contributed by atoms with Crippen LogP contribution in [0.15, 0.2) is 40.9 Å². The van der Waals surface area contributed by atoms with Crippen molar-refractivity contribution in [1.29, 1.82) is 0 Å². The molecule has 0 saturated heterocycles. The van der Waals surface area contributed by atoms with E-state index >= 15 is 0 Å². The fraction of sp³-hybridized carbons (Fsp3) is 0.143. The normalized spacial score (nSPS) is 10.4. The summed E-state index contributed by atoms with van der Waals surface area (Å²) in [4.78, 5) is 0. The summed E-state index contributed by atoms with van der Waals surface area (Å²) in [6.45, 7) is 2.52. The Morgan fingerprint density at radius 2 is 1.72 bits per heavy atom. The van der Waals surface area contributed by atoms with Crippen LogP contribution in [0.25, 0.3) is 0 Å². The van der Waals surface area contributed by atoms with Crippen molar-refractivity contribution in [3.05, 3.63) is 63.6 Å². The summed E-state index contributed by atoms with van der Waals surface area (Å²) in [5.74, 6) is -1.16.